The molecular weight excluding hydrogens is 292 g/mol. The smallest absolute Gasteiger partial charge is 0.226 e. The molecule has 5 heteroatoms. The first-order valence-electron chi connectivity index (χ1n) is 8.38. The number of anilines is 1. The van der Waals surface area contributed by atoms with E-state index in [1.165, 1.54) is 0 Å². The van der Waals surface area contributed by atoms with Crippen molar-refractivity contribution in [2.45, 2.75) is 52.0 Å². The van der Waals surface area contributed by atoms with Crippen LogP contribution in [0.4, 0.5) is 5.69 Å². The summed E-state index contributed by atoms with van der Waals surface area (Å²) < 4.78 is 5.31. The van der Waals surface area contributed by atoms with E-state index in [0.29, 0.717) is 19.4 Å². The van der Waals surface area contributed by atoms with Crippen LogP contribution in [0, 0.1) is 0 Å². The van der Waals surface area contributed by atoms with Crippen molar-refractivity contribution in [1.29, 1.82) is 0 Å². The van der Waals surface area contributed by atoms with E-state index in [9.17, 15) is 9.59 Å². The molecule has 126 valence electrons. The van der Waals surface area contributed by atoms with Gasteiger partial charge in [0.15, 0.2) is 0 Å². The Bertz CT molecular complexity index is 571. The minimum Gasteiger partial charge on any atom is -0.497 e. The fourth-order valence-corrected chi connectivity index (χ4v) is 2.97. The van der Waals surface area contributed by atoms with Gasteiger partial charge in [0, 0.05) is 30.6 Å². The van der Waals surface area contributed by atoms with Crippen LogP contribution in [0.3, 0.4) is 0 Å². The Morgan fingerprint density at radius 3 is 2.65 bits per heavy atom. The lowest BCUT2D eigenvalue weighted by molar-refractivity contribution is -0.121. The molecule has 23 heavy (non-hydrogen) atoms. The number of carbonyl (C=O) groups is 2. The van der Waals surface area contributed by atoms with Crippen LogP contribution in [0.5, 0.6) is 5.75 Å². The summed E-state index contributed by atoms with van der Waals surface area (Å²) in [5, 5.41) is 3.09. The van der Waals surface area contributed by atoms with Crippen LogP contribution in [-0.2, 0) is 9.59 Å². The molecule has 1 aromatic rings. The number of amides is 2. The van der Waals surface area contributed by atoms with Crippen LogP contribution in [0.2, 0.25) is 0 Å². The summed E-state index contributed by atoms with van der Waals surface area (Å²) in [7, 11) is 1.62. The molecule has 1 heterocycles. The number of hydrogen-bond donors (Lipinski definition) is 1. The standard InChI is InChI=1S/C18H26N2O3/c1-4-6-17(21)19-15-10-11-20(18(22)7-5-2)16-9-8-13(23-3)12-14(15)16/h8-9,12,15H,4-7,10-11H2,1-3H3,(H,19,21)/t15-/m1/s1. The van der Waals surface area contributed by atoms with E-state index >= 15 is 0 Å². The monoisotopic (exact) mass is 318 g/mol. The molecule has 0 radical (unpaired) electrons. The Balaban J connectivity index is 2.30. The van der Waals surface area contributed by atoms with Crippen molar-refractivity contribution < 1.29 is 14.3 Å². The summed E-state index contributed by atoms with van der Waals surface area (Å²) in [6.45, 7) is 4.63. The number of ether oxygens (including phenoxy) is 1. The largest absolute Gasteiger partial charge is 0.497 e. The number of fused-ring (bicyclic) bond motifs is 1. The second-order valence-corrected chi connectivity index (χ2v) is 5.88. The average Bonchev–Trinajstić information content (AvgIpc) is 2.55. The van der Waals surface area contributed by atoms with Crippen LogP contribution in [0.1, 0.15) is 57.6 Å². The summed E-state index contributed by atoms with van der Waals surface area (Å²) in [4.78, 5) is 26.2. The number of nitrogens with one attached hydrogen (secondary N) is 1. The molecule has 0 fully saturated rings. The second kappa shape index (κ2) is 7.99. The molecule has 2 amide bonds. The first kappa shape index (κ1) is 17.3. The third-order valence-electron chi connectivity index (χ3n) is 4.12. The van der Waals surface area contributed by atoms with Gasteiger partial charge in [-0.2, -0.15) is 0 Å². The van der Waals surface area contributed by atoms with Crippen LogP contribution in [0.25, 0.3) is 0 Å². The SMILES string of the molecule is CCCC(=O)N[C@@H]1CCN(C(=O)CCC)c2ccc(OC)cc21. The molecule has 5 nitrogen and oxygen atoms in total. The molecule has 1 N–H and O–H groups in total. The summed E-state index contributed by atoms with van der Waals surface area (Å²) >= 11 is 0. The minimum atomic E-state index is -0.0650. The topological polar surface area (TPSA) is 58.6 Å². The molecule has 1 aromatic carbocycles. The first-order chi connectivity index (χ1) is 11.1. The minimum absolute atomic E-state index is 0.0552. The Hall–Kier alpha value is -2.04. The highest BCUT2D eigenvalue weighted by molar-refractivity contribution is 5.95. The van der Waals surface area contributed by atoms with Crippen molar-refractivity contribution in [3.8, 4) is 5.75 Å². The quantitative estimate of drug-likeness (QED) is 0.876. The van der Waals surface area contributed by atoms with Gasteiger partial charge in [-0.3, -0.25) is 9.59 Å². The molecule has 0 spiro atoms. The van der Waals surface area contributed by atoms with Crippen LogP contribution in [0.15, 0.2) is 18.2 Å². The first-order valence-corrected chi connectivity index (χ1v) is 8.38. The predicted octanol–water partition coefficient (Wildman–Crippen LogP) is 3.19. The van der Waals surface area contributed by atoms with E-state index in [1.54, 1.807) is 7.11 Å². The van der Waals surface area contributed by atoms with Gasteiger partial charge in [0.1, 0.15) is 5.75 Å². The third-order valence-corrected chi connectivity index (χ3v) is 4.12. The molecule has 1 aliphatic rings. The van der Waals surface area contributed by atoms with Crippen molar-refractivity contribution in [2.75, 3.05) is 18.6 Å². The van der Waals surface area contributed by atoms with Gasteiger partial charge in [0.25, 0.3) is 0 Å². The third kappa shape index (κ3) is 4.03. The fraction of sp³-hybridized carbons (Fsp3) is 0.556. The van der Waals surface area contributed by atoms with Gasteiger partial charge in [-0.1, -0.05) is 13.8 Å². The van der Waals surface area contributed by atoms with Gasteiger partial charge in [-0.15, -0.1) is 0 Å². The van der Waals surface area contributed by atoms with Crippen LogP contribution >= 0.6 is 0 Å². The zero-order valence-electron chi connectivity index (χ0n) is 14.2. The molecule has 2 rings (SSSR count). The Morgan fingerprint density at radius 2 is 2.00 bits per heavy atom. The number of hydrogen-bond acceptors (Lipinski definition) is 3. The van der Waals surface area contributed by atoms with Gasteiger partial charge in [0.05, 0.1) is 13.2 Å². The van der Waals surface area contributed by atoms with Crippen molar-refractivity contribution in [1.82, 2.24) is 5.32 Å². The van der Waals surface area contributed by atoms with E-state index in [4.69, 9.17) is 4.74 Å². The molecule has 0 unspecified atom stereocenters. The van der Waals surface area contributed by atoms with Crippen molar-refractivity contribution in [2.24, 2.45) is 0 Å². The summed E-state index contributed by atoms with van der Waals surface area (Å²) in [6.07, 6.45) is 3.44. The van der Waals surface area contributed by atoms with Crippen molar-refractivity contribution in [3.05, 3.63) is 23.8 Å². The van der Waals surface area contributed by atoms with Crippen molar-refractivity contribution >= 4 is 17.5 Å². The maximum Gasteiger partial charge on any atom is 0.226 e. The van der Waals surface area contributed by atoms with E-state index in [1.807, 2.05) is 36.9 Å². The predicted molar refractivity (Wildman–Crippen MR) is 90.7 cm³/mol. The number of nitrogens with zero attached hydrogens (tertiary/aromatic N) is 1. The summed E-state index contributed by atoms with van der Waals surface area (Å²) in [5.41, 5.74) is 1.85. The van der Waals surface area contributed by atoms with Crippen LogP contribution in [-0.4, -0.2) is 25.5 Å². The van der Waals surface area contributed by atoms with E-state index in [2.05, 4.69) is 5.32 Å². The highest BCUT2D eigenvalue weighted by Crippen LogP contribution is 2.36. The van der Waals surface area contributed by atoms with Gasteiger partial charge in [-0.25, -0.2) is 0 Å². The molecule has 0 aliphatic carbocycles. The molecule has 1 aliphatic heterocycles. The maximum atomic E-state index is 12.4. The maximum absolute atomic E-state index is 12.4. The van der Waals surface area contributed by atoms with Gasteiger partial charge in [0.2, 0.25) is 11.8 Å². The lowest BCUT2D eigenvalue weighted by Crippen LogP contribution is -2.41. The molecular formula is C18H26N2O3. The summed E-state index contributed by atoms with van der Waals surface area (Å²) in [6, 6.07) is 5.64. The lowest BCUT2D eigenvalue weighted by atomic mass is 9.95. The zero-order valence-corrected chi connectivity index (χ0v) is 14.2. The fourth-order valence-electron chi connectivity index (χ4n) is 2.97. The van der Waals surface area contributed by atoms with E-state index in [-0.39, 0.29) is 17.9 Å². The second-order valence-electron chi connectivity index (χ2n) is 5.88. The van der Waals surface area contributed by atoms with E-state index in [0.717, 1.165) is 36.3 Å². The number of carbonyl (C=O) groups excluding carboxylic acids is 2. The average molecular weight is 318 g/mol. The number of rotatable bonds is 6. The Labute approximate surface area is 138 Å². The lowest BCUT2D eigenvalue weighted by Gasteiger charge is -2.35. The molecule has 1 atom stereocenters. The zero-order chi connectivity index (χ0) is 16.8. The Morgan fingerprint density at radius 1 is 1.26 bits per heavy atom. The summed E-state index contributed by atoms with van der Waals surface area (Å²) in [5.74, 6) is 0.931. The number of benzene rings is 1. The van der Waals surface area contributed by atoms with E-state index < -0.39 is 0 Å². The van der Waals surface area contributed by atoms with Gasteiger partial charge < -0.3 is 15.0 Å². The molecule has 0 saturated carbocycles. The molecule has 0 saturated heterocycles. The Kier molecular flexibility index (Phi) is 6.02. The number of methoxy groups -OCH3 is 1. The normalized spacial score (nSPS) is 16.7. The van der Waals surface area contributed by atoms with Gasteiger partial charge >= 0.3 is 0 Å². The highest BCUT2D eigenvalue weighted by atomic mass is 16.5. The van der Waals surface area contributed by atoms with Crippen LogP contribution < -0.4 is 15.0 Å². The van der Waals surface area contributed by atoms with Crippen molar-refractivity contribution in [3.63, 3.8) is 0 Å². The highest BCUT2D eigenvalue weighted by Gasteiger charge is 2.29. The molecule has 0 aromatic heterocycles. The molecule has 0 bridgehead atoms. The van der Waals surface area contributed by atoms with Gasteiger partial charge in [-0.05, 0) is 37.5 Å².